The van der Waals surface area contributed by atoms with Gasteiger partial charge in [-0.25, -0.2) is 0 Å². The number of hydrogen-bond donors (Lipinski definition) is 1. The van der Waals surface area contributed by atoms with E-state index in [1.54, 1.807) is 37.9 Å². The third-order valence-corrected chi connectivity index (χ3v) is 5.03. The van der Waals surface area contributed by atoms with Gasteiger partial charge in [0.2, 0.25) is 0 Å². The second-order valence-electron chi connectivity index (χ2n) is 5.01. The predicted octanol–water partition coefficient (Wildman–Crippen LogP) is 4.41. The fourth-order valence-corrected chi connectivity index (χ4v) is 3.69. The third kappa shape index (κ3) is 5.37. The van der Waals surface area contributed by atoms with Gasteiger partial charge in [0, 0.05) is 15.2 Å². The molecule has 0 radical (unpaired) electrons. The van der Waals surface area contributed by atoms with E-state index in [-0.39, 0.29) is 11.2 Å². The number of esters is 1. The molecule has 1 aromatic rings. The van der Waals surface area contributed by atoms with Crippen molar-refractivity contribution in [1.29, 1.82) is 0 Å². The lowest BCUT2D eigenvalue weighted by molar-refractivity contribution is -0.150. The highest BCUT2D eigenvalue weighted by atomic mass is 35.5. The Hall–Kier alpha value is -0.420. The van der Waals surface area contributed by atoms with Gasteiger partial charge in [-0.3, -0.25) is 4.79 Å². The van der Waals surface area contributed by atoms with Gasteiger partial charge in [0.1, 0.15) is 5.54 Å². The summed E-state index contributed by atoms with van der Waals surface area (Å²) < 4.78 is 5.13. The molecule has 0 aliphatic rings. The minimum absolute atomic E-state index is 0.169. The highest BCUT2D eigenvalue weighted by molar-refractivity contribution is 8.00. The van der Waals surface area contributed by atoms with Crippen molar-refractivity contribution in [3.8, 4) is 0 Å². The minimum atomic E-state index is -0.715. The monoisotopic (exact) mass is 349 g/mol. The molecule has 1 rings (SSSR count). The van der Waals surface area contributed by atoms with Gasteiger partial charge in [-0.15, -0.1) is 11.8 Å². The third-order valence-electron chi connectivity index (χ3n) is 3.19. The van der Waals surface area contributed by atoms with Crippen molar-refractivity contribution in [2.45, 2.75) is 42.9 Å². The van der Waals surface area contributed by atoms with Gasteiger partial charge in [-0.1, -0.05) is 30.1 Å². The molecule has 0 aliphatic heterocycles. The van der Waals surface area contributed by atoms with Crippen LogP contribution in [0, 0.1) is 0 Å². The molecule has 0 aliphatic carbocycles. The van der Waals surface area contributed by atoms with Crippen molar-refractivity contribution in [3.63, 3.8) is 0 Å². The van der Waals surface area contributed by atoms with Crippen molar-refractivity contribution in [3.05, 3.63) is 28.2 Å². The number of benzene rings is 1. The largest absolute Gasteiger partial charge is 0.465 e. The molecular weight excluding hydrogens is 329 g/mol. The van der Waals surface area contributed by atoms with Crippen LogP contribution in [0.25, 0.3) is 0 Å². The van der Waals surface area contributed by atoms with Crippen LogP contribution in [0.1, 0.15) is 27.2 Å². The molecule has 118 valence electrons. The van der Waals surface area contributed by atoms with Gasteiger partial charge >= 0.3 is 5.97 Å². The van der Waals surface area contributed by atoms with Crippen LogP contribution in [0.4, 0.5) is 0 Å². The van der Waals surface area contributed by atoms with E-state index in [1.807, 2.05) is 13.0 Å². The molecule has 2 unspecified atom stereocenters. The predicted molar refractivity (Wildman–Crippen MR) is 90.5 cm³/mol. The zero-order chi connectivity index (χ0) is 16.0. The van der Waals surface area contributed by atoms with Gasteiger partial charge in [-0.05, 0) is 45.5 Å². The highest BCUT2D eigenvalue weighted by Gasteiger charge is 2.34. The lowest BCUT2D eigenvalue weighted by Gasteiger charge is -2.29. The molecule has 0 bridgehead atoms. The van der Waals surface area contributed by atoms with E-state index in [9.17, 15) is 4.79 Å². The SMILES string of the molecule is CCOC(=O)C(C)(CC(C)Sc1cc(Cl)ccc1Cl)NC. The van der Waals surface area contributed by atoms with E-state index >= 15 is 0 Å². The lowest BCUT2D eigenvalue weighted by Crippen LogP contribution is -2.50. The summed E-state index contributed by atoms with van der Waals surface area (Å²) in [6, 6.07) is 5.38. The summed E-state index contributed by atoms with van der Waals surface area (Å²) in [6.07, 6.45) is 0.621. The Labute approximate surface area is 140 Å². The first kappa shape index (κ1) is 18.6. The average Bonchev–Trinajstić information content (AvgIpc) is 2.42. The zero-order valence-electron chi connectivity index (χ0n) is 12.7. The van der Waals surface area contributed by atoms with Crippen LogP contribution < -0.4 is 5.32 Å². The standard InChI is InChI=1S/C15H21Cl2NO2S/c1-5-20-14(19)15(3,18-4)9-10(2)21-13-8-11(16)6-7-12(13)17/h6-8,10,18H,5,9H2,1-4H3. The minimum Gasteiger partial charge on any atom is -0.465 e. The average molecular weight is 350 g/mol. The Morgan fingerprint density at radius 2 is 2.14 bits per heavy atom. The second kappa shape index (κ2) is 8.28. The van der Waals surface area contributed by atoms with Crippen molar-refractivity contribution >= 4 is 40.9 Å². The number of hydrogen-bond acceptors (Lipinski definition) is 4. The molecular formula is C15H21Cl2NO2S. The van der Waals surface area contributed by atoms with Crippen LogP contribution in [-0.2, 0) is 9.53 Å². The maximum Gasteiger partial charge on any atom is 0.326 e. The van der Waals surface area contributed by atoms with Crippen LogP contribution in [0.15, 0.2) is 23.1 Å². The number of likely N-dealkylation sites (N-methyl/N-ethyl adjacent to an activating group) is 1. The Kier molecular flexibility index (Phi) is 7.34. The smallest absolute Gasteiger partial charge is 0.326 e. The van der Waals surface area contributed by atoms with E-state index in [2.05, 4.69) is 12.2 Å². The summed E-state index contributed by atoms with van der Waals surface area (Å²) in [5.41, 5.74) is -0.715. The summed E-state index contributed by atoms with van der Waals surface area (Å²) in [4.78, 5) is 13.0. The number of halogens is 2. The summed E-state index contributed by atoms with van der Waals surface area (Å²) in [5, 5.41) is 4.54. The van der Waals surface area contributed by atoms with Gasteiger partial charge in [0.25, 0.3) is 0 Å². The van der Waals surface area contributed by atoms with Gasteiger partial charge in [-0.2, -0.15) is 0 Å². The lowest BCUT2D eigenvalue weighted by atomic mass is 9.96. The molecule has 1 aromatic carbocycles. The molecule has 0 aromatic heterocycles. The molecule has 6 heteroatoms. The van der Waals surface area contributed by atoms with Crippen LogP contribution in [0.5, 0.6) is 0 Å². The molecule has 0 saturated carbocycles. The van der Waals surface area contributed by atoms with E-state index in [0.717, 1.165) is 4.90 Å². The van der Waals surface area contributed by atoms with Crippen molar-refractivity contribution < 1.29 is 9.53 Å². The number of thioether (sulfide) groups is 1. The highest BCUT2D eigenvalue weighted by Crippen LogP contribution is 2.35. The van der Waals surface area contributed by atoms with Crippen LogP contribution in [0.3, 0.4) is 0 Å². The molecule has 2 atom stereocenters. The van der Waals surface area contributed by atoms with Crippen molar-refractivity contribution in [2.75, 3.05) is 13.7 Å². The second-order valence-corrected chi connectivity index (χ2v) is 7.33. The molecule has 0 heterocycles. The molecule has 21 heavy (non-hydrogen) atoms. The number of carbonyl (C=O) groups excluding carboxylic acids is 1. The maximum atomic E-state index is 12.1. The van der Waals surface area contributed by atoms with Crippen LogP contribution >= 0.6 is 35.0 Å². The van der Waals surface area contributed by atoms with Gasteiger partial charge < -0.3 is 10.1 Å². The Morgan fingerprint density at radius 1 is 1.48 bits per heavy atom. The molecule has 0 saturated heterocycles. The molecule has 3 nitrogen and oxygen atoms in total. The van der Waals surface area contributed by atoms with E-state index in [4.69, 9.17) is 27.9 Å². The number of rotatable bonds is 7. The van der Waals surface area contributed by atoms with Crippen LogP contribution in [0.2, 0.25) is 10.0 Å². The Bertz CT molecular complexity index is 499. The quantitative estimate of drug-likeness (QED) is 0.584. The number of ether oxygens (including phenoxy) is 1. The topological polar surface area (TPSA) is 38.3 Å². The van der Waals surface area contributed by atoms with Crippen molar-refractivity contribution in [2.24, 2.45) is 0 Å². The van der Waals surface area contributed by atoms with E-state index < -0.39 is 5.54 Å². The molecule has 1 N–H and O–H groups in total. The summed E-state index contributed by atoms with van der Waals surface area (Å²) in [6.45, 7) is 6.08. The normalized spacial score (nSPS) is 15.3. The Morgan fingerprint density at radius 3 is 2.71 bits per heavy atom. The van der Waals surface area contributed by atoms with Gasteiger partial charge in [0.15, 0.2) is 0 Å². The van der Waals surface area contributed by atoms with E-state index in [0.29, 0.717) is 23.1 Å². The summed E-state index contributed by atoms with van der Waals surface area (Å²) in [7, 11) is 1.76. The maximum absolute atomic E-state index is 12.1. The summed E-state index contributed by atoms with van der Waals surface area (Å²) >= 11 is 13.8. The van der Waals surface area contributed by atoms with Crippen LogP contribution in [-0.4, -0.2) is 30.4 Å². The number of carbonyl (C=O) groups is 1. The van der Waals surface area contributed by atoms with Gasteiger partial charge in [0.05, 0.1) is 11.6 Å². The first-order valence-corrected chi connectivity index (χ1v) is 8.43. The van der Waals surface area contributed by atoms with E-state index in [1.165, 1.54) is 0 Å². The number of nitrogens with one attached hydrogen (secondary N) is 1. The fraction of sp³-hybridized carbons (Fsp3) is 0.533. The first-order chi connectivity index (χ1) is 9.82. The summed E-state index contributed by atoms with van der Waals surface area (Å²) in [5.74, 6) is -0.239. The first-order valence-electron chi connectivity index (χ1n) is 6.80. The zero-order valence-corrected chi connectivity index (χ0v) is 15.0. The molecule has 0 amide bonds. The Balaban J connectivity index is 2.77. The molecule has 0 fully saturated rings. The fourth-order valence-electron chi connectivity index (χ4n) is 1.98. The van der Waals surface area contributed by atoms with Crippen molar-refractivity contribution in [1.82, 2.24) is 5.32 Å². The molecule has 0 spiro atoms.